The smallest absolute Gasteiger partial charge is 0.214 e. The van der Waals surface area contributed by atoms with Crippen molar-refractivity contribution in [1.29, 1.82) is 0 Å². The number of tetrazole rings is 1. The number of piperidine rings is 1. The molecule has 1 fully saturated rings. The minimum absolute atomic E-state index is 0.270. The number of benzene rings is 1. The molecule has 0 amide bonds. The number of hydrogen-bond donors (Lipinski definition) is 1. The lowest BCUT2D eigenvalue weighted by molar-refractivity contribution is 0.238. The van der Waals surface area contributed by atoms with Gasteiger partial charge in [0.05, 0.1) is 10.9 Å². The van der Waals surface area contributed by atoms with Gasteiger partial charge in [-0.1, -0.05) is 12.1 Å². The number of hydrogen-bond acceptors (Lipinski definition) is 5. The summed E-state index contributed by atoms with van der Waals surface area (Å²) in [7, 11) is 0. The number of aryl methyl sites for hydroxylation is 2. The van der Waals surface area contributed by atoms with Crippen molar-refractivity contribution in [2.75, 3.05) is 18.4 Å². The van der Waals surface area contributed by atoms with Gasteiger partial charge in [0.15, 0.2) is 5.11 Å². The van der Waals surface area contributed by atoms with Crippen LogP contribution in [0.1, 0.15) is 30.0 Å². The molecule has 0 bridgehead atoms. The maximum absolute atomic E-state index is 5.62. The van der Waals surface area contributed by atoms with Crippen molar-refractivity contribution in [3.63, 3.8) is 0 Å². The van der Waals surface area contributed by atoms with Crippen LogP contribution in [0.3, 0.4) is 0 Å². The summed E-state index contributed by atoms with van der Waals surface area (Å²) in [4.78, 5) is 5.05. The fourth-order valence-electron chi connectivity index (χ4n) is 3.43. The van der Waals surface area contributed by atoms with Gasteiger partial charge in [-0.05, 0) is 78.8 Å². The number of anilines is 1. The van der Waals surface area contributed by atoms with Crippen LogP contribution in [0.5, 0.6) is 0 Å². The Hall–Kier alpha value is -2.32. The van der Waals surface area contributed by atoms with Gasteiger partial charge in [-0.2, -0.15) is 4.80 Å². The summed E-state index contributed by atoms with van der Waals surface area (Å²) in [6.45, 7) is 5.97. The average Bonchev–Trinajstić information content (AvgIpc) is 3.32. The Morgan fingerprint density at radius 1 is 1.19 bits per heavy atom. The molecule has 2 aromatic heterocycles. The molecule has 140 valence electrons. The molecule has 8 heteroatoms. The summed E-state index contributed by atoms with van der Waals surface area (Å²) in [5, 5.41) is 19.2. The third-order valence-corrected chi connectivity index (χ3v) is 5.95. The van der Waals surface area contributed by atoms with Gasteiger partial charge in [0.2, 0.25) is 5.82 Å². The molecule has 0 aliphatic carbocycles. The summed E-state index contributed by atoms with van der Waals surface area (Å²) >= 11 is 7.25. The van der Waals surface area contributed by atoms with Gasteiger partial charge < -0.3 is 10.2 Å². The first-order chi connectivity index (χ1) is 13.1. The molecular formula is C19H22N6S2. The molecule has 4 rings (SSSR count). The molecule has 3 heterocycles. The van der Waals surface area contributed by atoms with E-state index in [1.165, 1.54) is 11.1 Å². The Balaban J connectivity index is 1.35. The standard InChI is InChI=1S/C19H22N6S2/c1-13-10-14(2)12-15(11-13)20-19(26)24-7-5-16(6-8-24)25-22-18(21-23-25)17-4-3-9-27-17/h3-4,9-12,16H,5-8H2,1-2H3,(H,20,26). The highest BCUT2D eigenvalue weighted by atomic mass is 32.1. The van der Waals surface area contributed by atoms with Crippen LogP contribution in [0, 0.1) is 13.8 Å². The minimum atomic E-state index is 0.270. The Kier molecular flexibility index (Phi) is 5.18. The Labute approximate surface area is 168 Å². The van der Waals surface area contributed by atoms with Crippen LogP contribution in [-0.2, 0) is 0 Å². The lowest BCUT2D eigenvalue weighted by Crippen LogP contribution is -2.41. The molecule has 0 radical (unpaired) electrons. The molecular weight excluding hydrogens is 376 g/mol. The molecule has 1 N–H and O–H groups in total. The average molecular weight is 399 g/mol. The van der Waals surface area contributed by atoms with Crippen molar-refractivity contribution in [1.82, 2.24) is 25.1 Å². The number of nitrogens with one attached hydrogen (secondary N) is 1. The number of aromatic nitrogens is 4. The SMILES string of the molecule is Cc1cc(C)cc(NC(=S)N2CCC(n3nnc(-c4cccs4)n3)CC2)c1. The van der Waals surface area contributed by atoms with Gasteiger partial charge in [0, 0.05) is 18.8 Å². The van der Waals surface area contributed by atoms with Crippen LogP contribution in [0.25, 0.3) is 10.7 Å². The first-order valence-corrected chi connectivity index (χ1v) is 10.3. The second-order valence-corrected chi connectivity index (χ2v) is 8.27. The monoisotopic (exact) mass is 398 g/mol. The van der Waals surface area contributed by atoms with Crippen molar-refractivity contribution >= 4 is 34.4 Å². The molecule has 3 aromatic rings. The van der Waals surface area contributed by atoms with Gasteiger partial charge in [-0.25, -0.2) is 0 Å². The normalized spacial score (nSPS) is 15.1. The fraction of sp³-hybridized carbons (Fsp3) is 0.368. The second-order valence-electron chi connectivity index (χ2n) is 6.94. The quantitative estimate of drug-likeness (QED) is 0.672. The zero-order chi connectivity index (χ0) is 18.8. The van der Waals surface area contributed by atoms with Crippen LogP contribution in [-0.4, -0.2) is 43.3 Å². The van der Waals surface area contributed by atoms with Crippen LogP contribution in [0.15, 0.2) is 35.7 Å². The van der Waals surface area contributed by atoms with Crippen LogP contribution < -0.4 is 5.32 Å². The first-order valence-electron chi connectivity index (χ1n) is 9.06. The maximum Gasteiger partial charge on any atom is 0.214 e. The van der Waals surface area contributed by atoms with Gasteiger partial charge in [0.1, 0.15) is 0 Å². The third-order valence-electron chi connectivity index (χ3n) is 4.72. The molecule has 1 saturated heterocycles. The summed E-state index contributed by atoms with van der Waals surface area (Å²) in [5.41, 5.74) is 3.52. The summed E-state index contributed by atoms with van der Waals surface area (Å²) in [6.07, 6.45) is 1.91. The Morgan fingerprint density at radius 2 is 1.93 bits per heavy atom. The number of thiophene rings is 1. The Morgan fingerprint density at radius 3 is 2.59 bits per heavy atom. The van der Waals surface area contributed by atoms with E-state index in [2.05, 4.69) is 57.7 Å². The second kappa shape index (κ2) is 7.74. The lowest BCUT2D eigenvalue weighted by atomic mass is 10.1. The molecule has 0 saturated carbocycles. The molecule has 0 spiro atoms. The van der Waals surface area contributed by atoms with E-state index in [1.807, 2.05) is 17.5 Å². The van der Waals surface area contributed by atoms with Crippen molar-refractivity contribution < 1.29 is 0 Å². The predicted octanol–water partition coefficient (Wildman–Crippen LogP) is 4.05. The molecule has 0 atom stereocenters. The predicted molar refractivity (Wildman–Crippen MR) is 113 cm³/mol. The van der Waals surface area contributed by atoms with Crippen LogP contribution in [0.2, 0.25) is 0 Å². The van der Waals surface area contributed by atoms with Gasteiger partial charge in [0.25, 0.3) is 0 Å². The van der Waals surface area contributed by atoms with Crippen molar-refractivity contribution in [2.24, 2.45) is 0 Å². The van der Waals surface area contributed by atoms with E-state index in [4.69, 9.17) is 12.2 Å². The number of likely N-dealkylation sites (tertiary alicyclic amines) is 1. The van der Waals surface area contributed by atoms with Crippen molar-refractivity contribution in [2.45, 2.75) is 32.7 Å². The minimum Gasteiger partial charge on any atom is -0.349 e. The maximum atomic E-state index is 5.62. The third kappa shape index (κ3) is 4.17. The lowest BCUT2D eigenvalue weighted by Gasteiger charge is -2.33. The van der Waals surface area contributed by atoms with E-state index in [1.54, 1.807) is 16.1 Å². The van der Waals surface area contributed by atoms with E-state index < -0.39 is 0 Å². The first kappa shape index (κ1) is 18.1. The van der Waals surface area contributed by atoms with Crippen LogP contribution >= 0.6 is 23.6 Å². The van der Waals surface area contributed by atoms with Gasteiger partial charge >= 0.3 is 0 Å². The van der Waals surface area contributed by atoms with Crippen LogP contribution in [0.4, 0.5) is 5.69 Å². The largest absolute Gasteiger partial charge is 0.349 e. The number of nitrogens with zero attached hydrogens (tertiary/aromatic N) is 5. The van der Waals surface area contributed by atoms with Crippen molar-refractivity contribution in [3.8, 4) is 10.7 Å². The van der Waals surface area contributed by atoms with Crippen molar-refractivity contribution in [3.05, 3.63) is 46.8 Å². The van der Waals surface area contributed by atoms with Gasteiger partial charge in [-0.15, -0.1) is 21.5 Å². The molecule has 1 aliphatic rings. The number of rotatable bonds is 3. The van der Waals surface area contributed by atoms with Gasteiger partial charge in [-0.3, -0.25) is 0 Å². The molecule has 0 unspecified atom stereocenters. The molecule has 27 heavy (non-hydrogen) atoms. The van der Waals surface area contributed by atoms with E-state index in [9.17, 15) is 0 Å². The topological polar surface area (TPSA) is 58.9 Å². The highest BCUT2D eigenvalue weighted by Gasteiger charge is 2.24. The Bertz CT molecular complexity index is 905. The summed E-state index contributed by atoms with van der Waals surface area (Å²) in [5.74, 6) is 0.708. The number of thiocarbonyl (C=S) groups is 1. The van der Waals surface area contributed by atoms with E-state index >= 15 is 0 Å². The summed E-state index contributed by atoms with van der Waals surface area (Å²) < 4.78 is 0. The molecule has 1 aromatic carbocycles. The van der Waals surface area contributed by atoms with E-state index in [0.717, 1.165) is 41.6 Å². The van der Waals surface area contributed by atoms with E-state index in [0.29, 0.717) is 5.82 Å². The highest BCUT2D eigenvalue weighted by molar-refractivity contribution is 7.80. The molecule has 1 aliphatic heterocycles. The molecule has 6 nitrogen and oxygen atoms in total. The summed E-state index contributed by atoms with van der Waals surface area (Å²) in [6, 6.07) is 10.7. The van der Waals surface area contributed by atoms with E-state index in [-0.39, 0.29) is 6.04 Å². The highest BCUT2D eigenvalue weighted by Crippen LogP contribution is 2.24. The fourth-order valence-corrected chi connectivity index (χ4v) is 4.38. The zero-order valence-corrected chi connectivity index (χ0v) is 17.1. The zero-order valence-electron chi connectivity index (χ0n) is 15.4.